The van der Waals surface area contributed by atoms with Crippen molar-refractivity contribution >= 4 is 10.9 Å². The van der Waals surface area contributed by atoms with Crippen LogP contribution in [0.4, 0.5) is 0 Å². The maximum Gasteiger partial charge on any atom is 0.120 e. The van der Waals surface area contributed by atoms with Crippen molar-refractivity contribution in [2.45, 2.75) is 98.2 Å². The predicted octanol–water partition coefficient (Wildman–Crippen LogP) is 9.66. The second-order valence-corrected chi connectivity index (χ2v) is 12.5. The van der Waals surface area contributed by atoms with E-state index in [4.69, 9.17) is 14.2 Å². The minimum Gasteiger partial charge on any atom is -0.494 e. The molecule has 0 spiro atoms. The summed E-state index contributed by atoms with van der Waals surface area (Å²) in [5.74, 6) is 2.80. The van der Waals surface area contributed by atoms with E-state index >= 15 is 0 Å². The van der Waals surface area contributed by atoms with Gasteiger partial charge in [0.25, 0.3) is 0 Å². The van der Waals surface area contributed by atoms with Crippen LogP contribution in [-0.4, -0.2) is 47.9 Å². The Morgan fingerprint density at radius 1 is 0.705 bits per heavy atom. The second kappa shape index (κ2) is 15.5. The molecule has 5 nitrogen and oxygen atoms in total. The van der Waals surface area contributed by atoms with Gasteiger partial charge in [-0.1, -0.05) is 45.2 Å². The average molecular weight is 597 g/mol. The molecule has 1 aliphatic heterocycles. The van der Waals surface area contributed by atoms with E-state index in [0.29, 0.717) is 12.1 Å². The Bertz CT molecular complexity index is 1450. The molecule has 1 aromatic heterocycles. The molecular weight excluding hydrogens is 544 g/mol. The molecule has 0 N–H and O–H groups in total. The zero-order chi connectivity index (χ0) is 30.9. The summed E-state index contributed by atoms with van der Waals surface area (Å²) in [5.41, 5.74) is 6.15. The maximum atomic E-state index is 6.20. The molecule has 1 fully saturated rings. The summed E-state index contributed by atoms with van der Waals surface area (Å²) in [6, 6.07) is 25.1. The number of piperidine rings is 1. The number of fused-ring (bicyclic) bond motifs is 1. The first-order valence-corrected chi connectivity index (χ1v) is 16.9. The number of rotatable bonds is 15. The van der Waals surface area contributed by atoms with Gasteiger partial charge in [-0.15, -0.1) is 0 Å². The van der Waals surface area contributed by atoms with Crippen molar-refractivity contribution in [3.8, 4) is 28.5 Å². The van der Waals surface area contributed by atoms with E-state index in [1.54, 1.807) is 0 Å². The van der Waals surface area contributed by atoms with Gasteiger partial charge >= 0.3 is 0 Å². The van der Waals surface area contributed by atoms with Crippen LogP contribution in [0.25, 0.3) is 22.2 Å². The number of likely N-dealkylation sites (tertiary alicyclic amines) is 1. The average Bonchev–Trinajstić information content (AvgIpc) is 3.30. The van der Waals surface area contributed by atoms with E-state index in [2.05, 4.69) is 111 Å². The first-order valence-electron chi connectivity index (χ1n) is 16.9. The van der Waals surface area contributed by atoms with E-state index in [0.717, 1.165) is 75.8 Å². The van der Waals surface area contributed by atoms with Crippen molar-refractivity contribution < 1.29 is 14.2 Å². The Labute approximate surface area is 265 Å². The highest BCUT2D eigenvalue weighted by molar-refractivity contribution is 5.92. The summed E-state index contributed by atoms with van der Waals surface area (Å²) < 4.78 is 20.7. The molecule has 0 radical (unpaired) electrons. The van der Waals surface area contributed by atoms with Gasteiger partial charge < -0.3 is 18.8 Å². The van der Waals surface area contributed by atoms with Gasteiger partial charge in [0.2, 0.25) is 0 Å². The first-order chi connectivity index (χ1) is 21.5. The van der Waals surface area contributed by atoms with Crippen molar-refractivity contribution in [1.29, 1.82) is 0 Å². The molecule has 0 amide bonds. The number of aryl methyl sites for hydroxylation is 1. The molecule has 44 heavy (non-hydrogen) atoms. The summed E-state index contributed by atoms with van der Waals surface area (Å²) in [5, 5.41) is 1.23. The van der Waals surface area contributed by atoms with E-state index in [1.807, 2.05) is 0 Å². The van der Waals surface area contributed by atoms with Crippen LogP contribution in [0.2, 0.25) is 0 Å². The molecule has 2 unspecified atom stereocenters. The fraction of sp³-hybridized carbons (Fsp3) is 0.487. The lowest BCUT2D eigenvalue weighted by Crippen LogP contribution is -2.45. The van der Waals surface area contributed by atoms with Crippen LogP contribution < -0.4 is 14.2 Å². The number of aromatic nitrogens is 1. The van der Waals surface area contributed by atoms with Gasteiger partial charge in [0, 0.05) is 36.1 Å². The molecule has 4 aromatic rings. The standard InChI is InChI=1S/C39H52N2O3/c1-6-8-24-42-35-19-15-33(16-20-35)39-31(5)37-27-36(43-25-9-7-2)21-22-38(37)41(39)28-32-13-17-34(18-14-32)44-26-23-40-29(3)11-10-12-30(40)4/h13-22,27,29-30H,6-12,23-26,28H2,1-5H3. The predicted molar refractivity (Wildman–Crippen MR) is 183 cm³/mol. The van der Waals surface area contributed by atoms with Crippen LogP contribution in [0.15, 0.2) is 66.7 Å². The minimum absolute atomic E-state index is 0.641. The number of ether oxygens (including phenoxy) is 3. The van der Waals surface area contributed by atoms with Gasteiger partial charge in [0.05, 0.1) is 18.9 Å². The Balaban J connectivity index is 1.36. The molecule has 1 saturated heterocycles. The second-order valence-electron chi connectivity index (χ2n) is 12.5. The molecule has 0 saturated carbocycles. The SMILES string of the molecule is CCCCOc1ccc(-c2c(C)c3cc(OCCCC)ccc3n2Cc2ccc(OCCN3C(C)CCCC3C)cc2)cc1. The van der Waals surface area contributed by atoms with E-state index in [9.17, 15) is 0 Å². The number of hydrogen-bond acceptors (Lipinski definition) is 4. The highest BCUT2D eigenvalue weighted by Crippen LogP contribution is 2.37. The molecule has 236 valence electrons. The Hall–Kier alpha value is -3.44. The Kier molecular flexibility index (Phi) is 11.3. The zero-order valence-electron chi connectivity index (χ0n) is 27.6. The summed E-state index contributed by atoms with van der Waals surface area (Å²) in [7, 11) is 0. The number of nitrogens with zero attached hydrogens (tertiary/aromatic N) is 2. The number of unbranched alkanes of at least 4 members (excludes halogenated alkanes) is 2. The van der Waals surface area contributed by atoms with Gasteiger partial charge in [-0.3, -0.25) is 4.90 Å². The van der Waals surface area contributed by atoms with Crippen LogP contribution in [0, 0.1) is 6.92 Å². The molecule has 0 bridgehead atoms. The van der Waals surface area contributed by atoms with E-state index < -0.39 is 0 Å². The molecule has 2 atom stereocenters. The summed E-state index contributed by atoms with van der Waals surface area (Å²) in [6.07, 6.45) is 8.31. The third-order valence-electron chi connectivity index (χ3n) is 9.21. The normalized spacial score (nSPS) is 17.2. The highest BCUT2D eigenvalue weighted by Gasteiger charge is 2.24. The number of hydrogen-bond donors (Lipinski definition) is 0. The monoisotopic (exact) mass is 596 g/mol. The van der Waals surface area contributed by atoms with Gasteiger partial charge in [0.1, 0.15) is 23.9 Å². The minimum atomic E-state index is 0.641. The smallest absolute Gasteiger partial charge is 0.120 e. The molecular formula is C39H52N2O3. The fourth-order valence-corrected chi connectivity index (χ4v) is 6.56. The third-order valence-corrected chi connectivity index (χ3v) is 9.21. The molecule has 2 heterocycles. The van der Waals surface area contributed by atoms with Crippen molar-refractivity contribution in [1.82, 2.24) is 9.47 Å². The van der Waals surface area contributed by atoms with Gasteiger partial charge in [0.15, 0.2) is 0 Å². The first kappa shape index (κ1) is 32.0. The largest absolute Gasteiger partial charge is 0.494 e. The lowest BCUT2D eigenvalue weighted by molar-refractivity contribution is 0.0851. The van der Waals surface area contributed by atoms with Gasteiger partial charge in [-0.05, 0) is 118 Å². The molecule has 1 aliphatic rings. The lowest BCUT2D eigenvalue weighted by atomic mass is 9.98. The zero-order valence-corrected chi connectivity index (χ0v) is 27.6. The summed E-state index contributed by atoms with van der Waals surface area (Å²) in [6.45, 7) is 15.3. The van der Waals surface area contributed by atoms with Crippen LogP contribution in [-0.2, 0) is 6.54 Å². The third kappa shape index (κ3) is 7.79. The van der Waals surface area contributed by atoms with Crippen LogP contribution >= 0.6 is 0 Å². The van der Waals surface area contributed by atoms with Crippen LogP contribution in [0.3, 0.4) is 0 Å². The quantitative estimate of drug-likeness (QED) is 0.128. The van der Waals surface area contributed by atoms with Crippen LogP contribution in [0.5, 0.6) is 17.2 Å². The Morgan fingerprint density at radius 2 is 1.27 bits per heavy atom. The molecule has 5 rings (SSSR count). The van der Waals surface area contributed by atoms with E-state index in [1.165, 1.54) is 52.5 Å². The van der Waals surface area contributed by atoms with Gasteiger partial charge in [-0.2, -0.15) is 0 Å². The molecule has 3 aromatic carbocycles. The lowest BCUT2D eigenvalue weighted by Gasteiger charge is -2.38. The topological polar surface area (TPSA) is 35.9 Å². The van der Waals surface area contributed by atoms with Crippen molar-refractivity contribution in [3.05, 3.63) is 77.9 Å². The highest BCUT2D eigenvalue weighted by atomic mass is 16.5. The fourth-order valence-electron chi connectivity index (χ4n) is 6.56. The van der Waals surface area contributed by atoms with Gasteiger partial charge in [-0.25, -0.2) is 0 Å². The number of benzene rings is 3. The maximum absolute atomic E-state index is 6.20. The molecule has 5 heteroatoms. The summed E-state index contributed by atoms with van der Waals surface area (Å²) in [4.78, 5) is 2.60. The molecule has 0 aliphatic carbocycles. The van der Waals surface area contributed by atoms with Crippen LogP contribution in [0.1, 0.15) is 83.8 Å². The van der Waals surface area contributed by atoms with Crippen molar-refractivity contribution in [3.63, 3.8) is 0 Å². The van der Waals surface area contributed by atoms with Crippen molar-refractivity contribution in [2.24, 2.45) is 0 Å². The Morgan fingerprint density at radius 3 is 1.91 bits per heavy atom. The van der Waals surface area contributed by atoms with Crippen molar-refractivity contribution in [2.75, 3.05) is 26.4 Å². The summed E-state index contributed by atoms with van der Waals surface area (Å²) >= 11 is 0. The van der Waals surface area contributed by atoms with E-state index in [-0.39, 0.29) is 0 Å².